The van der Waals surface area contributed by atoms with E-state index in [1.807, 2.05) is 11.0 Å². The summed E-state index contributed by atoms with van der Waals surface area (Å²) >= 11 is 1.36. The van der Waals surface area contributed by atoms with Gasteiger partial charge in [-0.1, -0.05) is 139 Å². The highest BCUT2D eigenvalue weighted by Gasteiger charge is 2.13. The van der Waals surface area contributed by atoms with Gasteiger partial charge in [0.25, 0.3) is 5.24 Å². The van der Waals surface area contributed by atoms with Gasteiger partial charge in [0.2, 0.25) is 0 Å². The molecule has 0 spiro atoms. The number of ether oxygens (including phenoxy) is 1. The third-order valence-corrected chi connectivity index (χ3v) is 8.72. The lowest BCUT2D eigenvalue weighted by Gasteiger charge is -2.22. The molecular formula is C38H70N2O3S. The van der Waals surface area contributed by atoms with Gasteiger partial charge in [-0.2, -0.15) is 0 Å². The molecule has 0 fully saturated rings. The van der Waals surface area contributed by atoms with Crippen LogP contribution in [0.25, 0.3) is 0 Å². The Balaban J connectivity index is 3.89. The molecule has 0 saturated heterocycles. The Morgan fingerprint density at radius 2 is 1.09 bits per heavy atom. The van der Waals surface area contributed by atoms with Crippen LogP contribution in [-0.2, 0) is 9.53 Å². The average molecular weight is 635 g/mol. The van der Waals surface area contributed by atoms with E-state index in [0.717, 1.165) is 64.5 Å². The van der Waals surface area contributed by atoms with Gasteiger partial charge in [-0.25, -0.2) is 0 Å². The maximum atomic E-state index is 12.7. The number of thioether (sulfide) groups is 1. The Labute approximate surface area is 277 Å². The summed E-state index contributed by atoms with van der Waals surface area (Å²) in [4.78, 5) is 26.7. The first-order valence-corrected chi connectivity index (χ1v) is 19.4. The van der Waals surface area contributed by atoms with Gasteiger partial charge in [0.15, 0.2) is 0 Å². The number of carbonyl (C=O) groups excluding carboxylic acids is 2. The van der Waals surface area contributed by atoms with Gasteiger partial charge in [-0.15, -0.1) is 0 Å². The molecule has 5 nitrogen and oxygen atoms in total. The van der Waals surface area contributed by atoms with E-state index < -0.39 is 0 Å². The summed E-state index contributed by atoms with van der Waals surface area (Å²) in [7, 11) is 0. The topological polar surface area (TPSA) is 72.6 Å². The zero-order valence-electron chi connectivity index (χ0n) is 28.9. The Hall–Kier alpha value is -1.53. The highest BCUT2D eigenvalue weighted by Crippen LogP contribution is 2.14. The lowest BCUT2D eigenvalue weighted by atomic mass is 10.1. The molecule has 0 aliphatic rings. The van der Waals surface area contributed by atoms with Gasteiger partial charge in [0, 0.05) is 31.8 Å². The van der Waals surface area contributed by atoms with E-state index >= 15 is 0 Å². The molecule has 0 saturated carbocycles. The van der Waals surface area contributed by atoms with Gasteiger partial charge < -0.3 is 15.4 Å². The van der Waals surface area contributed by atoms with Crippen molar-refractivity contribution in [2.24, 2.45) is 5.73 Å². The number of nitrogens with zero attached hydrogens (tertiary/aromatic N) is 1. The van der Waals surface area contributed by atoms with E-state index in [1.54, 1.807) is 0 Å². The second kappa shape index (κ2) is 35.9. The van der Waals surface area contributed by atoms with Gasteiger partial charge in [0.05, 0.1) is 0 Å². The molecule has 0 aromatic heterocycles. The van der Waals surface area contributed by atoms with Crippen molar-refractivity contribution >= 4 is 23.0 Å². The Kier molecular flexibility index (Phi) is 34.7. The molecular weight excluding hydrogens is 564 g/mol. The number of hydrogen-bond acceptors (Lipinski definition) is 5. The van der Waals surface area contributed by atoms with Crippen LogP contribution in [0, 0.1) is 0 Å². The van der Waals surface area contributed by atoms with Crippen molar-refractivity contribution in [2.45, 2.75) is 162 Å². The van der Waals surface area contributed by atoms with Crippen molar-refractivity contribution in [3.63, 3.8) is 0 Å². The van der Waals surface area contributed by atoms with Crippen LogP contribution in [0.5, 0.6) is 0 Å². The summed E-state index contributed by atoms with van der Waals surface area (Å²) in [5, 5.41) is 0.174. The first kappa shape index (κ1) is 42.5. The maximum Gasteiger partial charge on any atom is 0.306 e. The smallest absolute Gasteiger partial charge is 0.306 e. The zero-order chi connectivity index (χ0) is 32.2. The minimum Gasteiger partial charge on any atom is -0.461 e. The molecule has 44 heavy (non-hydrogen) atoms. The first-order valence-electron chi connectivity index (χ1n) is 18.4. The Morgan fingerprint density at radius 1 is 0.614 bits per heavy atom. The molecule has 1 amide bonds. The summed E-state index contributed by atoms with van der Waals surface area (Å²) in [6, 6.07) is 0. The van der Waals surface area contributed by atoms with Crippen LogP contribution in [0.4, 0.5) is 4.79 Å². The minimum atomic E-state index is -0.0953. The second-order valence-corrected chi connectivity index (χ2v) is 13.0. The van der Waals surface area contributed by atoms with Crippen molar-refractivity contribution in [1.29, 1.82) is 0 Å². The Morgan fingerprint density at radius 3 is 1.64 bits per heavy atom. The van der Waals surface area contributed by atoms with Crippen LogP contribution in [0.15, 0.2) is 36.5 Å². The summed E-state index contributed by atoms with van der Waals surface area (Å²) in [5.41, 5.74) is 5.63. The lowest BCUT2D eigenvalue weighted by molar-refractivity contribution is -0.142. The molecule has 2 N–H and O–H groups in total. The van der Waals surface area contributed by atoms with E-state index in [0.29, 0.717) is 25.3 Å². The molecule has 0 rings (SSSR count). The molecule has 0 aliphatic heterocycles. The van der Waals surface area contributed by atoms with Crippen LogP contribution >= 0.6 is 11.8 Å². The predicted molar refractivity (Wildman–Crippen MR) is 194 cm³/mol. The van der Waals surface area contributed by atoms with Crippen molar-refractivity contribution in [3.8, 4) is 0 Å². The molecule has 0 radical (unpaired) electrons. The molecule has 0 heterocycles. The summed E-state index contributed by atoms with van der Waals surface area (Å²) in [5.74, 6) is 0.588. The second-order valence-electron chi connectivity index (χ2n) is 12.0. The number of hydrogen-bond donors (Lipinski definition) is 1. The molecule has 6 heteroatoms. The van der Waals surface area contributed by atoms with Crippen LogP contribution in [0.2, 0.25) is 0 Å². The van der Waals surface area contributed by atoms with E-state index in [1.165, 1.54) is 102 Å². The number of rotatable bonds is 32. The van der Waals surface area contributed by atoms with E-state index in [2.05, 4.69) is 44.2 Å². The minimum absolute atomic E-state index is 0.0953. The average Bonchev–Trinajstić information content (AvgIpc) is 3.03. The first-order chi connectivity index (χ1) is 21.7. The molecule has 0 aromatic carbocycles. The van der Waals surface area contributed by atoms with Gasteiger partial charge in [-0.05, 0) is 64.2 Å². The third kappa shape index (κ3) is 31.9. The number of esters is 1. The molecule has 0 aromatic rings. The number of amides is 1. The number of carbonyl (C=O) groups is 2. The number of unbranched alkanes of at least 4 members (excludes halogenated alkanes) is 17. The van der Waals surface area contributed by atoms with Crippen LogP contribution < -0.4 is 5.73 Å². The van der Waals surface area contributed by atoms with E-state index in [4.69, 9.17) is 10.5 Å². The predicted octanol–water partition coefficient (Wildman–Crippen LogP) is 11.3. The van der Waals surface area contributed by atoms with Crippen molar-refractivity contribution in [3.05, 3.63) is 36.5 Å². The fourth-order valence-corrected chi connectivity index (χ4v) is 5.67. The Bertz CT molecular complexity index is 723. The third-order valence-electron chi connectivity index (χ3n) is 7.77. The highest BCUT2D eigenvalue weighted by molar-refractivity contribution is 8.13. The van der Waals surface area contributed by atoms with Crippen molar-refractivity contribution < 1.29 is 14.3 Å². The molecule has 0 unspecified atom stereocenters. The standard InChI is InChI=1S/C38H70N2O3S/c1-3-5-7-9-11-12-13-14-15-16-17-18-19-20-24-28-33-40(38(42)44-36-32-39)34-29-25-22-23-27-31-37(41)43-35-30-26-21-10-8-6-4-2/h12-13,15-16,26,30H,3-11,14,17-25,27-29,31-36,39H2,1-2H3/b13-12-,16-15-,30-26-. The fraction of sp³-hybridized carbons (Fsp3) is 0.789. The van der Waals surface area contributed by atoms with Crippen LogP contribution in [-0.4, -0.2) is 48.1 Å². The van der Waals surface area contributed by atoms with Gasteiger partial charge >= 0.3 is 5.97 Å². The number of allylic oxidation sites excluding steroid dienone is 5. The monoisotopic (exact) mass is 635 g/mol. The zero-order valence-corrected chi connectivity index (χ0v) is 29.7. The van der Waals surface area contributed by atoms with Gasteiger partial charge in [0.1, 0.15) is 6.61 Å². The van der Waals surface area contributed by atoms with Crippen molar-refractivity contribution in [2.75, 3.05) is 32.0 Å². The van der Waals surface area contributed by atoms with Crippen molar-refractivity contribution in [1.82, 2.24) is 4.90 Å². The summed E-state index contributed by atoms with van der Waals surface area (Å²) in [6.07, 6.45) is 39.9. The van der Waals surface area contributed by atoms with Crippen LogP contribution in [0.1, 0.15) is 162 Å². The normalized spacial score (nSPS) is 11.8. The lowest BCUT2D eigenvalue weighted by Crippen LogP contribution is -2.30. The molecule has 0 aliphatic carbocycles. The maximum absolute atomic E-state index is 12.7. The summed E-state index contributed by atoms with van der Waals surface area (Å²) in [6.45, 7) is 7.08. The van der Waals surface area contributed by atoms with Gasteiger partial charge in [-0.3, -0.25) is 9.59 Å². The fourth-order valence-electron chi connectivity index (χ4n) is 5.01. The SMILES string of the molecule is CCCCCC/C=C\C/C=C\CCCCCCCN(CCCCCCCC(=O)OC/C=C\CCCCCC)C(=O)SCCN. The molecule has 0 atom stereocenters. The number of nitrogens with two attached hydrogens (primary N) is 1. The van der Waals surface area contributed by atoms with E-state index in [-0.39, 0.29) is 11.2 Å². The highest BCUT2D eigenvalue weighted by atomic mass is 32.2. The largest absolute Gasteiger partial charge is 0.461 e. The van der Waals surface area contributed by atoms with E-state index in [9.17, 15) is 9.59 Å². The molecule has 0 bridgehead atoms. The summed E-state index contributed by atoms with van der Waals surface area (Å²) < 4.78 is 5.31. The molecule has 256 valence electrons. The van der Waals surface area contributed by atoms with Crippen LogP contribution in [0.3, 0.4) is 0 Å². The quantitative estimate of drug-likeness (QED) is 0.0453.